The average molecular weight is 358 g/mol. The van der Waals surface area contributed by atoms with Gasteiger partial charge in [-0.05, 0) is 47.4 Å². The van der Waals surface area contributed by atoms with E-state index in [-0.39, 0.29) is 6.04 Å². The Morgan fingerprint density at radius 1 is 1.14 bits per heavy atom. The van der Waals surface area contributed by atoms with E-state index in [0.717, 1.165) is 22.4 Å². The van der Waals surface area contributed by atoms with Gasteiger partial charge in [0.25, 0.3) is 0 Å². The van der Waals surface area contributed by atoms with E-state index in [0.29, 0.717) is 5.92 Å². The molecule has 0 spiro atoms. The number of hydrogen-bond donors (Lipinski definition) is 1. The lowest BCUT2D eigenvalue weighted by Gasteiger charge is -2.28. The predicted octanol–water partition coefficient (Wildman–Crippen LogP) is 4.94. The van der Waals surface area contributed by atoms with Gasteiger partial charge in [-0.3, -0.25) is 0 Å². The maximum Gasteiger partial charge on any atom is 0.133 e. The van der Waals surface area contributed by atoms with Crippen LogP contribution in [0.2, 0.25) is 0 Å². The van der Waals surface area contributed by atoms with E-state index in [1.54, 1.807) is 14.2 Å². The molecule has 0 aliphatic heterocycles. The number of halogens is 1. The first-order valence-electron chi connectivity index (χ1n) is 7.71. The lowest BCUT2D eigenvalue weighted by molar-refractivity contribution is 0.322. The van der Waals surface area contributed by atoms with Crippen molar-refractivity contribution in [1.82, 2.24) is 5.32 Å². The lowest BCUT2D eigenvalue weighted by atomic mass is 9.86. The molecule has 3 nitrogen and oxygen atoms in total. The highest BCUT2D eigenvalue weighted by atomic mass is 79.9. The largest absolute Gasteiger partial charge is 0.496 e. The molecule has 0 aliphatic carbocycles. The molecule has 0 bridgehead atoms. The maximum absolute atomic E-state index is 5.58. The van der Waals surface area contributed by atoms with Gasteiger partial charge in [-0.25, -0.2) is 0 Å². The summed E-state index contributed by atoms with van der Waals surface area (Å²) in [6.45, 7) is 4.50. The maximum atomic E-state index is 5.58. The van der Waals surface area contributed by atoms with E-state index in [4.69, 9.17) is 9.47 Å². The van der Waals surface area contributed by atoms with Gasteiger partial charge in [0.15, 0.2) is 0 Å². The zero-order valence-electron chi connectivity index (χ0n) is 13.8. The Morgan fingerprint density at radius 2 is 1.81 bits per heavy atom. The minimum Gasteiger partial charge on any atom is -0.496 e. The molecule has 0 aromatic heterocycles. The summed E-state index contributed by atoms with van der Waals surface area (Å²) in [4.78, 5) is 0. The first-order valence-corrected chi connectivity index (χ1v) is 8.50. The number of rotatable bonds is 9. The van der Waals surface area contributed by atoms with Gasteiger partial charge in [-0.15, -0.1) is 0 Å². The number of unbranched alkanes of at least 4 members (excludes halogenated alkanes) is 1. The van der Waals surface area contributed by atoms with Crippen LogP contribution in [0.3, 0.4) is 0 Å². The van der Waals surface area contributed by atoms with Crippen molar-refractivity contribution in [2.75, 3.05) is 21.3 Å². The average Bonchev–Trinajstić information content (AvgIpc) is 2.51. The summed E-state index contributed by atoms with van der Waals surface area (Å²) < 4.78 is 11.9. The molecular weight excluding hydrogens is 330 g/mol. The normalized spacial score (nSPS) is 13.8. The first-order chi connectivity index (χ1) is 10.1. The van der Waals surface area contributed by atoms with Crippen molar-refractivity contribution < 1.29 is 9.47 Å². The second-order valence-corrected chi connectivity index (χ2v) is 6.16. The quantitative estimate of drug-likeness (QED) is 0.678. The molecule has 120 valence electrons. The fraction of sp³-hybridized carbons (Fsp3) is 0.647. The van der Waals surface area contributed by atoms with E-state index in [1.165, 1.54) is 24.8 Å². The molecule has 0 saturated carbocycles. The summed E-state index contributed by atoms with van der Waals surface area (Å²) in [7, 11) is 5.43. The molecule has 1 rings (SSSR count). The molecule has 0 amide bonds. The van der Waals surface area contributed by atoms with Crippen molar-refractivity contribution in [1.29, 1.82) is 0 Å². The van der Waals surface area contributed by atoms with Crippen LogP contribution in [0.25, 0.3) is 0 Å². The van der Waals surface area contributed by atoms with Gasteiger partial charge in [0, 0.05) is 11.6 Å². The zero-order chi connectivity index (χ0) is 15.8. The summed E-state index contributed by atoms with van der Waals surface area (Å²) in [5.41, 5.74) is 1.17. The fourth-order valence-corrected chi connectivity index (χ4v) is 3.33. The minimum atomic E-state index is 0.276. The van der Waals surface area contributed by atoms with Crippen LogP contribution in [0.4, 0.5) is 0 Å². The first kappa shape index (κ1) is 18.3. The van der Waals surface area contributed by atoms with Crippen molar-refractivity contribution in [3.05, 3.63) is 22.2 Å². The highest BCUT2D eigenvalue weighted by molar-refractivity contribution is 9.10. The van der Waals surface area contributed by atoms with Crippen LogP contribution in [0.5, 0.6) is 11.5 Å². The molecule has 4 heteroatoms. The van der Waals surface area contributed by atoms with Crippen LogP contribution < -0.4 is 14.8 Å². The minimum absolute atomic E-state index is 0.276. The highest BCUT2D eigenvalue weighted by Crippen LogP contribution is 2.39. The summed E-state index contributed by atoms with van der Waals surface area (Å²) in [6.07, 6.45) is 4.85. The third-order valence-corrected chi connectivity index (χ3v) is 4.69. The molecule has 2 unspecified atom stereocenters. The third kappa shape index (κ3) is 4.62. The van der Waals surface area contributed by atoms with Crippen molar-refractivity contribution in [3.63, 3.8) is 0 Å². The molecule has 0 radical (unpaired) electrons. The second-order valence-electron chi connectivity index (χ2n) is 5.31. The Morgan fingerprint density at radius 3 is 2.29 bits per heavy atom. The number of methoxy groups -OCH3 is 2. The Bertz CT molecular complexity index is 437. The topological polar surface area (TPSA) is 30.5 Å². The lowest BCUT2D eigenvalue weighted by Crippen LogP contribution is -2.25. The number of nitrogens with one attached hydrogen (secondary N) is 1. The molecular formula is C17H28BrNO2. The van der Waals surface area contributed by atoms with Gasteiger partial charge in [-0.2, -0.15) is 0 Å². The van der Waals surface area contributed by atoms with Crippen LogP contribution in [0, 0.1) is 5.92 Å². The third-order valence-electron chi connectivity index (χ3n) is 4.07. The van der Waals surface area contributed by atoms with E-state index in [1.807, 2.05) is 13.1 Å². The number of ether oxygens (including phenoxy) is 2. The Hall–Kier alpha value is -0.740. The van der Waals surface area contributed by atoms with E-state index in [2.05, 4.69) is 41.2 Å². The molecule has 1 aromatic carbocycles. The molecule has 0 heterocycles. The zero-order valence-corrected chi connectivity index (χ0v) is 15.4. The molecule has 0 saturated heterocycles. The van der Waals surface area contributed by atoms with Crippen LogP contribution >= 0.6 is 15.9 Å². The van der Waals surface area contributed by atoms with Crippen LogP contribution in [-0.4, -0.2) is 21.3 Å². The second kappa shape index (κ2) is 9.31. The molecule has 1 N–H and O–H groups in total. The summed E-state index contributed by atoms with van der Waals surface area (Å²) in [5.74, 6) is 2.34. The van der Waals surface area contributed by atoms with E-state index in [9.17, 15) is 0 Å². The molecule has 1 aromatic rings. The number of benzene rings is 1. The van der Waals surface area contributed by atoms with Crippen molar-refractivity contribution in [2.45, 2.75) is 45.6 Å². The van der Waals surface area contributed by atoms with Crippen molar-refractivity contribution >= 4 is 15.9 Å². The summed E-state index contributed by atoms with van der Waals surface area (Å²) >= 11 is 3.52. The SMILES string of the molecule is CCCCC(CC)C(NC)c1cc(OC)c(Br)cc1OC. The fourth-order valence-electron chi connectivity index (χ4n) is 2.85. The number of hydrogen-bond acceptors (Lipinski definition) is 3. The predicted molar refractivity (Wildman–Crippen MR) is 92.4 cm³/mol. The summed E-state index contributed by atoms with van der Waals surface area (Å²) in [6, 6.07) is 4.35. The molecule has 0 fully saturated rings. The van der Waals surface area contributed by atoms with Crippen LogP contribution in [0.1, 0.15) is 51.1 Å². The van der Waals surface area contributed by atoms with Crippen molar-refractivity contribution in [3.8, 4) is 11.5 Å². The van der Waals surface area contributed by atoms with Gasteiger partial charge < -0.3 is 14.8 Å². The van der Waals surface area contributed by atoms with Crippen LogP contribution in [0.15, 0.2) is 16.6 Å². The Kier molecular flexibility index (Phi) is 8.12. The van der Waals surface area contributed by atoms with Gasteiger partial charge >= 0.3 is 0 Å². The molecule has 2 atom stereocenters. The summed E-state index contributed by atoms with van der Waals surface area (Å²) in [5, 5.41) is 3.47. The van der Waals surface area contributed by atoms with E-state index < -0.39 is 0 Å². The van der Waals surface area contributed by atoms with Crippen LogP contribution in [-0.2, 0) is 0 Å². The van der Waals surface area contributed by atoms with Gasteiger partial charge in [0.05, 0.1) is 18.7 Å². The Labute approximate surface area is 137 Å². The van der Waals surface area contributed by atoms with Gasteiger partial charge in [0.1, 0.15) is 11.5 Å². The smallest absolute Gasteiger partial charge is 0.133 e. The van der Waals surface area contributed by atoms with E-state index >= 15 is 0 Å². The standard InChI is InChI=1S/C17H28BrNO2/c1-6-8-9-12(7-2)17(19-3)13-10-16(21-5)14(18)11-15(13)20-4/h10-12,17,19H,6-9H2,1-5H3. The van der Waals surface area contributed by atoms with Crippen molar-refractivity contribution in [2.24, 2.45) is 5.92 Å². The van der Waals surface area contributed by atoms with Gasteiger partial charge in [0.2, 0.25) is 0 Å². The highest BCUT2D eigenvalue weighted by Gasteiger charge is 2.24. The Balaban J connectivity index is 3.18. The van der Waals surface area contributed by atoms with Gasteiger partial charge in [-0.1, -0.05) is 33.1 Å². The monoisotopic (exact) mass is 357 g/mol. The molecule has 0 aliphatic rings. The molecule has 21 heavy (non-hydrogen) atoms.